The Bertz CT molecular complexity index is 1290. The van der Waals surface area contributed by atoms with E-state index < -0.39 is 72.7 Å². The third-order valence-electron chi connectivity index (χ3n) is 11.0. The lowest BCUT2D eigenvalue weighted by atomic mass is 9.76. The number of rotatable bonds is 14. The molecule has 5 rings (SSSR count). The first-order valence-electron chi connectivity index (χ1n) is 18.7. The van der Waals surface area contributed by atoms with Gasteiger partial charge in [-0.25, -0.2) is 4.79 Å². The lowest BCUT2D eigenvalue weighted by Gasteiger charge is -2.48. The van der Waals surface area contributed by atoms with Gasteiger partial charge in [0.25, 0.3) is 0 Å². The molecule has 3 heterocycles. The Labute approximate surface area is 303 Å². The number of piperidine rings is 1. The molecule has 4 fully saturated rings. The molecule has 52 heavy (non-hydrogen) atoms. The number of nitrogens with two attached hydrogens (primary N) is 1. The smallest absolute Gasteiger partial charge is 0.340 e. The fourth-order valence-electron chi connectivity index (χ4n) is 8.13. The largest absolute Gasteiger partial charge is 0.550 e. The number of carbonyl (C=O) groups excluding carboxylic acids is 2. The minimum atomic E-state index is -2.92. The van der Waals surface area contributed by atoms with Crippen LogP contribution in [0.4, 0.5) is 0 Å². The van der Waals surface area contributed by atoms with Crippen molar-refractivity contribution in [2.75, 3.05) is 46.6 Å². The summed E-state index contributed by atoms with van der Waals surface area (Å²) in [6.07, 6.45) is 5.12. The Morgan fingerprint density at radius 2 is 1.81 bits per heavy atom. The number of carboxylic acids is 1. The number of hydrogen-bond acceptors (Lipinski definition) is 14. The van der Waals surface area contributed by atoms with Crippen molar-refractivity contribution in [1.29, 1.82) is 0 Å². The van der Waals surface area contributed by atoms with E-state index in [0.29, 0.717) is 25.9 Å². The third-order valence-corrected chi connectivity index (χ3v) is 11.0. The van der Waals surface area contributed by atoms with E-state index >= 15 is 0 Å². The van der Waals surface area contributed by atoms with Gasteiger partial charge in [-0.05, 0) is 57.8 Å². The van der Waals surface area contributed by atoms with Gasteiger partial charge < -0.3 is 74.4 Å². The zero-order valence-corrected chi connectivity index (χ0v) is 29.8. The third kappa shape index (κ3) is 9.41. The zero-order valence-electron chi connectivity index (χ0n) is 29.8. The Morgan fingerprint density at radius 3 is 2.46 bits per heavy atom. The number of carbonyl (C=O) groups is 2. The summed E-state index contributed by atoms with van der Waals surface area (Å²) >= 11 is 0. The number of quaternary nitrogens is 2. The first-order chi connectivity index (χ1) is 24.9. The molecule has 0 spiro atoms. The maximum absolute atomic E-state index is 14.0. The van der Waals surface area contributed by atoms with Crippen LogP contribution < -0.4 is 15.3 Å². The van der Waals surface area contributed by atoms with E-state index in [-0.39, 0.29) is 43.9 Å². The predicted octanol–water partition coefficient (Wildman–Crippen LogP) is -3.92. The average molecular weight is 742 g/mol. The number of carboxylic acid groups (broad SMARTS) is 1. The second-order valence-corrected chi connectivity index (χ2v) is 14.8. The molecule has 0 aromatic carbocycles. The molecule has 10 atom stereocenters. The monoisotopic (exact) mass is 741 g/mol. The summed E-state index contributed by atoms with van der Waals surface area (Å²) in [7, 11) is 1.67. The van der Waals surface area contributed by atoms with Crippen molar-refractivity contribution in [2.45, 2.75) is 113 Å². The standard InChI is InChI=1S/C36H56N2O14/c1-37-21-49-30-34(51-28(19-40)29(41)36(30,46)47)52-33-26(16-22-7-5-6-8-22)35(45,27(20-48-33)32(44)50-25-9-3-2-4-10-25)12-11-23-15-24(31(42)43)18-38(17-23)13-14-39/h11-12,16,20,23-26,28-30,33-34,37,39-41,45-47H,2-10,13-15,17-19,21H2,1H3,(H,42,43)/p+1/t23?,24?,26-,28+,29+,30+,33+,34-,35+/m0/s1. The Kier molecular flexibility index (Phi) is 14.3. The highest BCUT2D eigenvalue weighted by atomic mass is 16.8. The fraction of sp³-hybridized carbons (Fsp3) is 0.778. The molecule has 0 amide bonds. The van der Waals surface area contributed by atoms with Crippen molar-refractivity contribution in [2.24, 2.45) is 17.8 Å². The molecule has 5 aliphatic rings. The maximum Gasteiger partial charge on any atom is 0.340 e. The summed E-state index contributed by atoms with van der Waals surface area (Å²) in [4.78, 5) is 26.8. The van der Waals surface area contributed by atoms with Crippen LogP contribution in [-0.4, -0.2) is 138 Å². The summed E-state index contributed by atoms with van der Waals surface area (Å²) < 4.78 is 29.7. The highest BCUT2D eigenvalue weighted by Crippen LogP contribution is 2.43. The highest BCUT2D eigenvalue weighted by molar-refractivity contribution is 5.91. The molecule has 2 aliphatic carbocycles. The number of esters is 1. The van der Waals surface area contributed by atoms with Gasteiger partial charge in [-0.1, -0.05) is 30.2 Å². The van der Waals surface area contributed by atoms with Crippen molar-refractivity contribution >= 4 is 11.9 Å². The van der Waals surface area contributed by atoms with Crippen LogP contribution in [0.1, 0.15) is 64.2 Å². The molecular formula is C36H57N2O14+. The van der Waals surface area contributed by atoms with Crippen LogP contribution >= 0.6 is 0 Å². The molecular weight excluding hydrogens is 684 g/mol. The lowest BCUT2D eigenvalue weighted by Crippen LogP contribution is -3.15. The van der Waals surface area contributed by atoms with Gasteiger partial charge in [0.05, 0.1) is 45.2 Å². The molecule has 16 heteroatoms. The summed E-state index contributed by atoms with van der Waals surface area (Å²) in [5.41, 5.74) is -1.35. The number of ether oxygens (including phenoxy) is 5. The molecule has 294 valence electrons. The van der Waals surface area contributed by atoms with Gasteiger partial charge in [-0.3, -0.25) is 0 Å². The van der Waals surface area contributed by atoms with Crippen LogP contribution in [0.3, 0.4) is 0 Å². The number of aliphatic hydroxyl groups excluding tert-OH is 3. The van der Waals surface area contributed by atoms with Gasteiger partial charge in [0.2, 0.25) is 12.1 Å². The highest BCUT2D eigenvalue weighted by Gasteiger charge is 2.59. The van der Waals surface area contributed by atoms with Crippen molar-refractivity contribution < 1.29 is 79.2 Å². The van der Waals surface area contributed by atoms with Gasteiger partial charge in [0.15, 0.2) is 19.1 Å². The minimum Gasteiger partial charge on any atom is -0.550 e. The SMILES string of the molecule is C[NH2+]CO[C@@H]1[C@H](O[C@H]2OC=C(C(=O)OC3CCCCC3)[C@@](O)(C=CC3CC(C(=O)[O-])C[NH+](CCO)C3)[C@H]2C=C2CCCC2)O[C@H](CO)[C@@H](O)C1(O)O. The van der Waals surface area contributed by atoms with E-state index in [9.17, 15) is 45.3 Å². The van der Waals surface area contributed by atoms with E-state index in [2.05, 4.69) is 0 Å². The molecule has 3 unspecified atom stereocenters. The predicted molar refractivity (Wildman–Crippen MR) is 177 cm³/mol. The number of nitrogens with one attached hydrogen (secondary N) is 1. The molecule has 2 saturated carbocycles. The first kappa shape index (κ1) is 40.7. The van der Waals surface area contributed by atoms with Crippen LogP contribution in [-0.2, 0) is 33.3 Å². The molecule has 2 saturated heterocycles. The van der Waals surface area contributed by atoms with Crippen LogP contribution in [0.25, 0.3) is 0 Å². The molecule has 3 aliphatic heterocycles. The van der Waals surface area contributed by atoms with Crippen LogP contribution in [0.2, 0.25) is 0 Å². The Morgan fingerprint density at radius 1 is 1.08 bits per heavy atom. The summed E-state index contributed by atoms with van der Waals surface area (Å²) in [5, 5.41) is 78.6. The topological polar surface area (TPSA) is 246 Å². The number of aliphatic hydroxyl groups is 6. The van der Waals surface area contributed by atoms with E-state index in [0.717, 1.165) is 61.7 Å². The lowest BCUT2D eigenvalue weighted by molar-refractivity contribution is -0.911. The summed E-state index contributed by atoms with van der Waals surface area (Å²) in [6.45, 7) is 0.0754. The zero-order chi connectivity index (χ0) is 37.5. The second-order valence-electron chi connectivity index (χ2n) is 14.8. The van der Waals surface area contributed by atoms with Gasteiger partial charge in [0, 0.05) is 11.8 Å². The van der Waals surface area contributed by atoms with Crippen molar-refractivity contribution in [3.8, 4) is 0 Å². The quantitative estimate of drug-likeness (QED) is 0.0482. The molecule has 9 N–H and O–H groups in total. The van der Waals surface area contributed by atoms with Crippen molar-refractivity contribution in [3.05, 3.63) is 35.6 Å². The van der Waals surface area contributed by atoms with Gasteiger partial charge in [0.1, 0.15) is 42.3 Å². The van der Waals surface area contributed by atoms with Crippen molar-refractivity contribution in [3.63, 3.8) is 0 Å². The van der Waals surface area contributed by atoms with Crippen LogP contribution in [0.5, 0.6) is 0 Å². The summed E-state index contributed by atoms with van der Waals surface area (Å²) in [6, 6.07) is 0. The number of allylic oxidation sites excluding steroid dienone is 1. The molecule has 0 bridgehead atoms. The normalized spacial score (nSPS) is 37.0. The molecule has 0 radical (unpaired) electrons. The van der Waals surface area contributed by atoms with Gasteiger partial charge >= 0.3 is 5.97 Å². The number of hydrogen-bond donors (Lipinski definition) is 8. The first-order valence-corrected chi connectivity index (χ1v) is 18.7. The van der Waals surface area contributed by atoms with Gasteiger partial charge in [-0.15, -0.1) is 0 Å². The van der Waals surface area contributed by atoms with E-state index in [1.54, 1.807) is 24.5 Å². The van der Waals surface area contributed by atoms with E-state index in [1.165, 1.54) is 6.08 Å². The Balaban J connectivity index is 1.54. The number of aliphatic carboxylic acids is 1. The van der Waals surface area contributed by atoms with Crippen molar-refractivity contribution in [1.82, 2.24) is 0 Å². The van der Waals surface area contributed by atoms with Crippen LogP contribution in [0.15, 0.2) is 35.6 Å². The summed E-state index contributed by atoms with van der Waals surface area (Å²) in [5.74, 6) is -7.22. The molecule has 0 aromatic rings. The fourth-order valence-corrected chi connectivity index (χ4v) is 8.13. The average Bonchev–Trinajstić information content (AvgIpc) is 3.64. The molecule has 16 nitrogen and oxygen atoms in total. The second kappa shape index (κ2) is 18.2. The van der Waals surface area contributed by atoms with E-state index in [1.807, 2.05) is 0 Å². The van der Waals surface area contributed by atoms with Crippen LogP contribution in [0, 0.1) is 17.8 Å². The van der Waals surface area contributed by atoms with E-state index in [4.69, 9.17) is 23.7 Å². The minimum absolute atomic E-state index is 0.0838. The maximum atomic E-state index is 14.0. The molecule has 0 aromatic heterocycles. The number of likely N-dealkylation sites (tertiary alicyclic amines) is 1. The van der Waals surface area contributed by atoms with Gasteiger partial charge in [-0.2, -0.15) is 0 Å². The Hall–Kier alpha value is -2.48.